The largest absolute Gasteiger partial charge is 0.481 e. The van der Waals surface area contributed by atoms with E-state index in [1.54, 1.807) is 0 Å². The van der Waals surface area contributed by atoms with Crippen molar-refractivity contribution in [3.8, 4) is 0 Å². The lowest BCUT2D eigenvalue weighted by molar-refractivity contribution is -0.138. The van der Waals surface area contributed by atoms with E-state index in [1.165, 1.54) is 0 Å². The van der Waals surface area contributed by atoms with E-state index in [0.717, 1.165) is 17.8 Å². The van der Waals surface area contributed by atoms with Gasteiger partial charge >= 0.3 is 12.1 Å². The van der Waals surface area contributed by atoms with Crippen LogP contribution in [0.5, 0.6) is 0 Å². The molecule has 6 nitrogen and oxygen atoms in total. The van der Waals surface area contributed by atoms with Crippen molar-refractivity contribution in [3.63, 3.8) is 0 Å². The lowest BCUT2D eigenvalue weighted by atomic mass is 10.2. The minimum atomic E-state index is -4.61. The van der Waals surface area contributed by atoms with Crippen LogP contribution in [-0.2, 0) is 21.0 Å². The Labute approximate surface area is 127 Å². The number of alkyl halides is 3. The maximum absolute atomic E-state index is 12.7. The van der Waals surface area contributed by atoms with Crippen LogP contribution in [0.3, 0.4) is 0 Å². The van der Waals surface area contributed by atoms with Gasteiger partial charge in [0.2, 0.25) is 0 Å². The first kappa shape index (κ1) is 16.6. The molecule has 0 fully saturated rings. The van der Waals surface area contributed by atoms with Gasteiger partial charge in [0.25, 0.3) is 10.0 Å². The summed E-state index contributed by atoms with van der Waals surface area (Å²) in [6, 6.07) is 2.18. The van der Waals surface area contributed by atoms with Crippen molar-refractivity contribution in [1.29, 1.82) is 0 Å². The number of carboxylic acid groups (broad SMARTS) is 1. The number of amidine groups is 1. The van der Waals surface area contributed by atoms with E-state index >= 15 is 0 Å². The maximum Gasteiger partial charge on any atom is 0.416 e. The first-order valence-corrected chi connectivity index (χ1v) is 8.20. The van der Waals surface area contributed by atoms with Crippen molar-refractivity contribution < 1.29 is 31.5 Å². The molecule has 0 aromatic heterocycles. The molecule has 0 atom stereocenters. The van der Waals surface area contributed by atoms with Crippen LogP contribution in [0.4, 0.5) is 18.9 Å². The SMILES string of the molecule is O=C(O)CCSC1=NS(=O)(=O)c2ccc(C(F)(F)F)cc2N1. The molecular formula is C11H9F3N2O4S2. The van der Waals surface area contributed by atoms with Crippen LogP contribution < -0.4 is 5.32 Å². The maximum atomic E-state index is 12.7. The second kappa shape index (κ2) is 5.80. The zero-order valence-corrected chi connectivity index (χ0v) is 12.3. The predicted octanol–water partition coefficient (Wildman–Crippen LogP) is 2.38. The van der Waals surface area contributed by atoms with Crippen LogP contribution in [0.1, 0.15) is 12.0 Å². The number of nitrogens with zero attached hydrogens (tertiary/aromatic N) is 1. The van der Waals surface area contributed by atoms with Crippen LogP contribution in [0.15, 0.2) is 27.5 Å². The highest BCUT2D eigenvalue weighted by molar-refractivity contribution is 8.14. The number of carbonyl (C=O) groups is 1. The topological polar surface area (TPSA) is 95.8 Å². The number of aliphatic carboxylic acids is 1. The van der Waals surface area contributed by atoms with Gasteiger partial charge in [-0.2, -0.15) is 21.6 Å². The highest BCUT2D eigenvalue weighted by Gasteiger charge is 2.33. The van der Waals surface area contributed by atoms with E-state index < -0.39 is 27.7 Å². The average Bonchev–Trinajstić information content (AvgIpc) is 2.35. The molecule has 22 heavy (non-hydrogen) atoms. The van der Waals surface area contributed by atoms with Crippen LogP contribution in [0, 0.1) is 0 Å². The fourth-order valence-electron chi connectivity index (χ4n) is 1.62. The Balaban J connectivity index is 2.30. The molecule has 0 saturated heterocycles. The molecular weight excluding hydrogens is 345 g/mol. The van der Waals surface area contributed by atoms with Crippen molar-refractivity contribution >= 4 is 38.6 Å². The van der Waals surface area contributed by atoms with Gasteiger partial charge in [0.05, 0.1) is 17.7 Å². The van der Waals surface area contributed by atoms with Gasteiger partial charge in [0.15, 0.2) is 5.17 Å². The molecule has 1 heterocycles. The number of fused-ring (bicyclic) bond motifs is 1. The number of benzene rings is 1. The Bertz CT molecular complexity index is 744. The smallest absolute Gasteiger partial charge is 0.416 e. The number of sulfonamides is 1. The number of carboxylic acids is 1. The molecule has 1 aromatic carbocycles. The highest BCUT2D eigenvalue weighted by Crippen LogP contribution is 2.36. The second-order valence-corrected chi connectivity index (χ2v) is 6.85. The Kier molecular flexibility index (Phi) is 4.38. The number of rotatable bonds is 3. The normalized spacial score (nSPS) is 16.4. The van der Waals surface area contributed by atoms with Gasteiger partial charge in [0, 0.05) is 5.75 Å². The molecule has 2 rings (SSSR count). The molecule has 1 aliphatic heterocycles. The van der Waals surface area contributed by atoms with Gasteiger partial charge in [-0.05, 0) is 18.2 Å². The molecule has 1 aliphatic rings. The third-order valence-corrected chi connectivity index (χ3v) is 4.91. The number of thioether (sulfide) groups is 1. The first-order valence-electron chi connectivity index (χ1n) is 5.77. The lowest BCUT2D eigenvalue weighted by Gasteiger charge is -2.19. The molecule has 11 heteroatoms. The molecule has 0 saturated carbocycles. The quantitative estimate of drug-likeness (QED) is 0.865. The number of halogens is 3. The van der Waals surface area contributed by atoms with E-state index in [-0.39, 0.29) is 27.9 Å². The molecule has 0 unspecified atom stereocenters. The Hall–Kier alpha value is -1.75. The van der Waals surface area contributed by atoms with Gasteiger partial charge in [0.1, 0.15) is 4.90 Å². The summed E-state index contributed by atoms with van der Waals surface area (Å²) >= 11 is 0.803. The monoisotopic (exact) mass is 354 g/mol. The third kappa shape index (κ3) is 3.71. The average molecular weight is 354 g/mol. The molecule has 0 bridgehead atoms. The number of nitrogens with one attached hydrogen (secondary N) is 1. The van der Waals surface area contributed by atoms with E-state index in [1.807, 2.05) is 0 Å². The van der Waals surface area contributed by atoms with Crippen LogP contribution in [-0.4, -0.2) is 30.4 Å². The molecule has 1 aromatic rings. The number of hydrogen-bond acceptors (Lipinski definition) is 5. The van der Waals surface area contributed by atoms with Crippen molar-refractivity contribution in [2.75, 3.05) is 11.1 Å². The van der Waals surface area contributed by atoms with Crippen molar-refractivity contribution in [1.82, 2.24) is 0 Å². The standard InChI is InChI=1S/C11H9F3N2O4S2/c12-11(13,14)6-1-2-8-7(5-6)15-10(16-22(8,19)20)21-4-3-9(17)18/h1-2,5H,3-4H2,(H,15,16)(H,17,18). The van der Waals surface area contributed by atoms with Crippen molar-refractivity contribution in [2.45, 2.75) is 17.5 Å². The zero-order chi connectivity index (χ0) is 16.5. The fourth-order valence-corrected chi connectivity index (χ4v) is 3.77. The summed E-state index contributed by atoms with van der Waals surface area (Å²) in [5, 5.41) is 10.8. The summed E-state index contributed by atoms with van der Waals surface area (Å²) < 4.78 is 65.2. The van der Waals surface area contributed by atoms with Gasteiger partial charge in [-0.25, -0.2) is 0 Å². The molecule has 120 valence electrons. The first-order chi connectivity index (χ1) is 10.1. The lowest BCUT2D eigenvalue weighted by Crippen LogP contribution is -2.20. The van der Waals surface area contributed by atoms with Crippen LogP contribution in [0.2, 0.25) is 0 Å². The number of hydrogen-bond donors (Lipinski definition) is 2. The molecule has 0 amide bonds. The van der Waals surface area contributed by atoms with Crippen LogP contribution in [0.25, 0.3) is 0 Å². The minimum Gasteiger partial charge on any atom is -0.481 e. The fraction of sp³-hybridized carbons (Fsp3) is 0.273. The van der Waals surface area contributed by atoms with Crippen LogP contribution >= 0.6 is 11.8 Å². The van der Waals surface area contributed by atoms with Gasteiger partial charge in [-0.1, -0.05) is 11.8 Å². The van der Waals surface area contributed by atoms with E-state index in [2.05, 4.69) is 9.71 Å². The summed E-state index contributed by atoms with van der Waals surface area (Å²) in [6.07, 6.45) is -4.84. The summed E-state index contributed by atoms with van der Waals surface area (Å²) in [5.74, 6) is -1.04. The van der Waals surface area contributed by atoms with Crippen molar-refractivity contribution in [3.05, 3.63) is 23.8 Å². The summed E-state index contributed by atoms with van der Waals surface area (Å²) in [5.41, 5.74) is -1.23. The Morgan fingerprint density at radius 1 is 1.36 bits per heavy atom. The number of anilines is 1. The highest BCUT2D eigenvalue weighted by atomic mass is 32.2. The predicted molar refractivity (Wildman–Crippen MR) is 74.4 cm³/mol. The van der Waals surface area contributed by atoms with Gasteiger partial charge in [-0.3, -0.25) is 4.79 Å². The molecule has 2 N–H and O–H groups in total. The summed E-state index contributed by atoms with van der Waals surface area (Å²) in [4.78, 5) is 10.0. The minimum absolute atomic E-state index is 0.0327. The van der Waals surface area contributed by atoms with E-state index in [4.69, 9.17) is 5.11 Å². The van der Waals surface area contributed by atoms with Crippen molar-refractivity contribution in [2.24, 2.45) is 4.40 Å². The van der Waals surface area contributed by atoms with E-state index in [9.17, 15) is 26.4 Å². The third-order valence-electron chi connectivity index (χ3n) is 2.58. The summed E-state index contributed by atoms with van der Waals surface area (Å²) in [6.45, 7) is 0. The van der Waals surface area contributed by atoms with Gasteiger partial charge in [-0.15, -0.1) is 4.40 Å². The molecule has 0 spiro atoms. The Morgan fingerprint density at radius 2 is 2.05 bits per heavy atom. The van der Waals surface area contributed by atoms with E-state index in [0.29, 0.717) is 12.1 Å². The van der Waals surface area contributed by atoms with Gasteiger partial charge < -0.3 is 10.4 Å². The summed E-state index contributed by atoms with van der Waals surface area (Å²) in [7, 11) is -4.11. The molecule has 0 aliphatic carbocycles. The molecule has 0 radical (unpaired) electrons. The Morgan fingerprint density at radius 3 is 2.64 bits per heavy atom. The second-order valence-electron chi connectivity index (χ2n) is 4.20. The zero-order valence-electron chi connectivity index (χ0n) is 10.7.